The number of hydrogen-bond donors (Lipinski definition) is 2. The summed E-state index contributed by atoms with van der Waals surface area (Å²) >= 11 is 0. The molecule has 0 spiro atoms. The Bertz CT molecular complexity index is 107. The summed E-state index contributed by atoms with van der Waals surface area (Å²) in [6.07, 6.45) is 3.14. The monoisotopic (exact) mass is 114 g/mol. The van der Waals surface area contributed by atoms with Gasteiger partial charge in [0.1, 0.15) is 0 Å². The van der Waals surface area contributed by atoms with Crippen LogP contribution in [0.1, 0.15) is 6.92 Å². The molecule has 0 aliphatic carbocycles. The van der Waals surface area contributed by atoms with Crippen molar-refractivity contribution in [1.29, 1.82) is 0 Å². The van der Waals surface area contributed by atoms with Crippen molar-refractivity contribution in [2.75, 3.05) is 0 Å². The molecule has 0 saturated carbocycles. The molecule has 0 unspecified atom stereocenters. The van der Waals surface area contributed by atoms with Gasteiger partial charge in [-0.2, -0.15) is 5.17 Å². The lowest BCUT2D eigenvalue weighted by Crippen LogP contribution is -2.24. The maximum Gasteiger partial charge on any atom is 0.0560 e. The van der Waals surface area contributed by atoms with E-state index in [1.54, 1.807) is 19.1 Å². The van der Waals surface area contributed by atoms with Crippen molar-refractivity contribution >= 4 is 0 Å². The number of hydrazine groups is 1. The molecule has 0 heterocycles. The molecule has 0 radical (unpaired) electrons. The van der Waals surface area contributed by atoms with Crippen LogP contribution in [0, 0.1) is 0 Å². The van der Waals surface area contributed by atoms with Crippen LogP contribution in [0.15, 0.2) is 24.4 Å². The van der Waals surface area contributed by atoms with Crippen LogP contribution >= 0.6 is 0 Å². The van der Waals surface area contributed by atoms with Gasteiger partial charge in [0.05, 0.1) is 5.70 Å². The normalized spacial score (nSPS) is 11.1. The van der Waals surface area contributed by atoms with Crippen molar-refractivity contribution < 1.29 is 5.21 Å². The van der Waals surface area contributed by atoms with Gasteiger partial charge in [-0.05, 0) is 13.0 Å². The van der Waals surface area contributed by atoms with Gasteiger partial charge in [0.25, 0.3) is 0 Å². The number of allylic oxidation sites excluding steroid dienone is 3. The molecule has 0 aromatic rings. The van der Waals surface area contributed by atoms with E-state index in [9.17, 15) is 0 Å². The summed E-state index contributed by atoms with van der Waals surface area (Å²) < 4.78 is 0. The molecule has 0 rings (SSSR count). The number of nitrogens with two attached hydrogens (primary N) is 1. The Hall–Kier alpha value is -0.800. The standard InChI is InChI=1S/C5H10N2O/c1-3-4-5(2)7(6)8/h3-4,8H,1,6H2,2H3/b5-4-. The maximum absolute atomic E-state index is 8.45. The van der Waals surface area contributed by atoms with Gasteiger partial charge >= 0.3 is 0 Å². The van der Waals surface area contributed by atoms with E-state index < -0.39 is 0 Å². The average Bonchev–Trinajstić information content (AvgIpc) is 1.67. The van der Waals surface area contributed by atoms with Crippen LogP contribution in [0.2, 0.25) is 0 Å². The summed E-state index contributed by atoms with van der Waals surface area (Å²) in [4.78, 5) is 0. The minimum absolute atomic E-state index is 0.543. The second kappa shape index (κ2) is 3.23. The first kappa shape index (κ1) is 7.20. The SMILES string of the molecule is C=C/C=C(/C)N(N)O. The Balaban J connectivity index is 3.78. The van der Waals surface area contributed by atoms with Gasteiger partial charge in [-0.3, -0.25) is 5.21 Å². The lowest BCUT2D eigenvalue weighted by Gasteiger charge is -2.07. The fourth-order valence-electron chi connectivity index (χ4n) is 0.247. The number of hydroxylamine groups is 1. The molecule has 3 heteroatoms. The fraction of sp³-hybridized carbons (Fsp3) is 0.200. The van der Waals surface area contributed by atoms with Crippen molar-refractivity contribution in [3.63, 3.8) is 0 Å². The number of nitrogens with zero attached hydrogens (tertiary/aromatic N) is 1. The van der Waals surface area contributed by atoms with Crippen molar-refractivity contribution in [3.05, 3.63) is 24.4 Å². The van der Waals surface area contributed by atoms with Crippen LogP contribution in [-0.4, -0.2) is 10.4 Å². The summed E-state index contributed by atoms with van der Waals surface area (Å²) in [6, 6.07) is 0. The molecule has 8 heavy (non-hydrogen) atoms. The van der Waals surface area contributed by atoms with Crippen molar-refractivity contribution in [2.24, 2.45) is 5.84 Å². The van der Waals surface area contributed by atoms with Gasteiger partial charge in [0.15, 0.2) is 0 Å². The first-order valence-corrected chi connectivity index (χ1v) is 2.21. The zero-order valence-electron chi connectivity index (χ0n) is 4.83. The first-order chi connectivity index (χ1) is 3.68. The molecule has 46 valence electrons. The number of rotatable bonds is 2. The minimum Gasteiger partial charge on any atom is -0.273 e. The molecule has 0 aromatic carbocycles. The molecule has 0 amide bonds. The fourth-order valence-corrected chi connectivity index (χ4v) is 0.247. The van der Waals surface area contributed by atoms with Crippen LogP contribution in [-0.2, 0) is 0 Å². The van der Waals surface area contributed by atoms with Crippen LogP contribution in [0.4, 0.5) is 0 Å². The van der Waals surface area contributed by atoms with Crippen molar-refractivity contribution in [1.82, 2.24) is 5.17 Å². The smallest absolute Gasteiger partial charge is 0.0560 e. The lowest BCUT2D eigenvalue weighted by molar-refractivity contribution is -0.0567. The van der Waals surface area contributed by atoms with Gasteiger partial charge in [0.2, 0.25) is 0 Å². The summed E-state index contributed by atoms with van der Waals surface area (Å²) in [5, 5.41) is 8.99. The van der Waals surface area contributed by atoms with Gasteiger partial charge < -0.3 is 0 Å². The Morgan fingerprint density at radius 1 is 1.88 bits per heavy atom. The average molecular weight is 114 g/mol. The van der Waals surface area contributed by atoms with Gasteiger partial charge in [-0.1, -0.05) is 12.7 Å². The van der Waals surface area contributed by atoms with E-state index in [0.29, 0.717) is 10.9 Å². The van der Waals surface area contributed by atoms with Crippen LogP contribution in [0.25, 0.3) is 0 Å². The Morgan fingerprint density at radius 2 is 2.38 bits per heavy atom. The maximum atomic E-state index is 8.45. The summed E-state index contributed by atoms with van der Waals surface area (Å²) in [5.41, 5.74) is 0.556. The predicted octanol–water partition coefficient (Wildman–Crippen LogP) is 0.641. The third kappa shape index (κ3) is 2.39. The molecule has 0 aliphatic rings. The molecule has 3 N–H and O–H groups in total. The number of hydrogen-bond acceptors (Lipinski definition) is 3. The molecule has 0 aromatic heterocycles. The van der Waals surface area contributed by atoms with Crippen LogP contribution in [0.3, 0.4) is 0 Å². The van der Waals surface area contributed by atoms with Gasteiger partial charge in [-0.25, -0.2) is 5.84 Å². The Morgan fingerprint density at radius 3 is 2.50 bits per heavy atom. The van der Waals surface area contributed by atoms with E-state index in [1.807, 2.05) is 0 Å². The van der Waals surface area contributed by atoms with Gasteiger partial charge in [0, 0.05) is 0 Å². The second-order valence-corrected chi connectivity index (χ2v) is 1.39. The highest BCUT2D eigenvalue weighted by Crippen LogP contribution is 1.90. The van der Waals surface area contributed by atoms with Crippen molar-refractivity contribution in [3.8, 4) is 0 Å². The molecular weight excluding hydrogens is 104 g/mol. The quantitative estimate of drug-likeness (QED) is 0.314. The zero-order chi connectivity index (χ0) is 6.57. The lowest BCUT2D eigenvalue weighted by atomic mass is 10.4. The highest BCUT2D eigenvalue weighted by molar-refractivity contribution is 5.03. The molecule has 0 fully saturated rings. The molecule has 0 saturated heterocycles. The van der Waals surface area contributed by atoms with E-state index in [0.717, 1.165) is 0 Å². The topological polar surface area (TPSA) is 49.5 Å². The Labute approximate surface area is 48.6 Å². The molecule has 0 aliphatic heterocycles. The highest BCUT2D eigenvalue weighted by atomic mass is 16.5. The molecule has 3 nitrogen and oxygen atoms in total. The summed E-state index contributed by atoms with van der Waals surface area (Å²) in [6.45, 7) is 5.08. The third-order valence-corrected chi connectivity index (χ3v) is 0.720. The molecule has 0 bridgehead atoms. The summed E-state index contributed by atoms with van der Waals surface area (Å²) in [5.74, 6) is 4.89. The largest absolute Gasteiger partial charge is 0.273 e. The van der Waals surface area contributed by atoms with E-state index >= 15 is 0 Å². The summed E-state index contributed by atoms with van der Waals surface area (Å²) in [7, 11) is 0. The van der Waals surface area contributed by atoms with Crippen LogP contribution in [0.5, 0.6) is 0 Å². The molecule has 0 atom stereocenters. The van der Waals surface area contributed by atoms with E-state index in [2.05, 4.69) is 6.58 Å². The predicted molar refractivity (Wildman–Crippen MR) is 31.8 cm³/mol. The van der Waals surface area contributed by atoms with Crippen LogP contribution < -0.4 is 5.84 Å². The highest BCUT2D eigenvalue weighted by Gasteiger charge is 1.87. The van der Waals surface area contributed by atoms with E-state index in [4.69, 9.17) is 11.0 Å². The van der Waals surface area contributed by atoms with E-state index in [-0.39, 0.29) is 0 Å². The molecular formula is C5H10N2O. The zero-order valence-corrected chi connectivity index (χ0v) is 4.83. The second-order valence-electron chi connectivity index (χ2n) is 1.39. The minimum atomic E-state index is 0.543. The first-order valence-electron chi connectivity index (χ1n) is 2.21. The Kier molecular flexibility index (Phi) is 2.91. The van der Waals surface area contributed by atoms with E-state index in [1.165, 1.54) is 0 Å². The third-order valence-electron chi connectivity index (χ3n) is 0.720. The van der Waals surface area contributed by atoms with Crippen molar-refractivity contribution in [2.45, 2.75) is 6.92 Å². The van der Waals surface area contributed by atoms with Gasteiger partial charge in [-0.15, -0.1) is 0 Å².